The molecule has 0 bridgehead atoms. The molecule has 0 aromatic carbocycles. The Kier molecular flexibility index (Phi) is 8.84. The summed E-state index contributed by atoms with van der Waals surface area (Å²) in [6, 6.07) is 0. The van der Waals surface area contributed by atoms with Crippen LogP contribution in [0.3, 0.4) is 0 Å². The van der Waals surface area contributed by atoms with Crippen LogP contribution in [0, 0.1) is 5.92 Å². The summed E-state index contributed by atoms with van der Waals surface area (Å²) < 4.78 is 20.7. The van der Waals surface area contributed by atoms with Gasteiger partial charge in [-0.25, -0.2) is 0 Å². The van der Waals surface area contributed by atoms with Gasteiger partial charge in [0.15, 0.2) is 0 Å². The Morgan fingerprint density at radius 2 is 1.86 bits per heavy atom. The number of nitrogens with two attached hydrogens (primary N) is 1. The smallest absolute Gasteiger partial charge is 0.326 e. The third kappa shape index (κ3) is 5.90. The zero-order valence-corrected chi connectivity index (χ0v) is 13.3. The van der Waals surface area contributed by atoms with Gasteiger partial charge >= 0.3 is 5.97 Å². The molecule has 1 aliphatic carbocycles. The van der Waals surface area contributed by atoms with Crippen molar-refractivity contribution in [1.29, 1.82) is 0 Å². The van der Waals surface area contributed by atoms with Crippen molar-refractivity contribution in [3.63, 3.8) is 0 Å². The van der Waals surface area contributed by atoms with Crippen LogP contribution >= 0.6 is 0 Å². The van der Waals surface area contributed by atoms with Gasteiger partial charge in [-0.15, -0.1) is 0 Å². The second kappa shape index (κ2) is 10.1. The zero-order chi connectivity index (χ0) is 15.6. The molecule has 0 aromatic rings. The zero-order valence-electron chi connectivity index (χ0n) is 13.3. The van der Waals surface area contributed by atoms with Crippen molar-refractivity contribution in [3.8, 4) is 0 Å². The van der Waals surface area contributed by atoms with Crippen LogP contribution < -0.4 is 5.73 Å². The van der Waals surface area contributed by atoms with E-state index in [9.17, 15) is 4.79 Å². The van der Waals surface area contributed by atoms with Crippen molar-refractivity contribution >= 4 is 5.97 Å². The standard InChI is InChI=1S/C15H29NO5/c1-18-11-12-21-9-4-8-20-10-6-13-5-3-7-15(13,16)14(17)19-2/h13H,3-12,16H2,1-2H3. The lowest BCUT2D eigenvalue weighted by molar-refractivity contribution is -0.148. The molecule has 1 rings (SSSR count). The van der Waals surface area contributed by atoms with Crippen LogP contribution in [-0.2, 0) is 23.7 Å². The molecule has 124 valence electrons. The quantitative estimate of drug-likeness (QED) is 0.455. The van der Waals surface area contributed by atoms with Crippen molar-refractivity contribution in [2.45, 2.75) is 37.6 Å². The minimum atomic E-state index is -0.818. The predicted molar refractivity (Wildman–Crippen MR) is 79.0 cm³/mol. The second-order valence-electron chi connectivity index (χ2n) is 5.48. The lowest BCUT2D eigenvalue weighted by Crippen LogP contribution is -2.51. The molecule has 0 amide bonds. The molecule has 6 nitrogen and oxygen atoms in total. The van der Waals surface area contributed by atoms with Gasteiger partial charge in [-0.05, 0) is 31.6 Å². The minimum absolute atomic E-state index is 0.155. The molecule has 1 aliphatic rings. The summed E-state index contributed by atoms with van der Waals surface area (Å²) in [6.07, 6.45) is 4.31. The number of hydrogen-bond donors (Lipinski definition) is 1. The van der Waals surface area contributed by atoms with Crippen molar-refractivity contribution < 1.29 is 23.7 Å². The van der Waals surface area contributed by atoms with Crippen molar-refractivity contribution in [1.82, 2.24) is 0 Å². The molecule has 2 unspecified atom stereocenters. The molecular formula is C15H29NO5. The van der Waals surface area contributed by atoms with Gasteiger partial charge in [-0.1, -0.05) is 6.42 Å². The second-order valence-corrected chi connectivity index (χ2v) is 5.48. The summed E-state index contributed by atoms with van der Waals surface area (Å²) in [5.41, 5.74) is 5.39. The Morgan fingerprint density at radius 3 is 2.52 bits per heavy atom. The number of hydrogen-bond acceptors (Lipinski definition) is 6. The highest BCUT2D eigenvalue weighted by Gasteiger charge is 2.46. The van der Waals surface area contributed by atoms with Crippen LogP contribution in [-0.4, -0.2) is 58.8 Å². The van der Waals surface area contributed by atoms with Crippen molar-refractivity contribution in [2.24, 2.45) is 11.7 Å². The average molecular weight is 303 g/mol. The summed E-state index contributed by atoms with van der Waals surface area (Å²) in [5.74, 6) is -0.139. The summed E-state index contributed by atoms with van der Waals surface area (Å²) in [4.78, 5) is 11.8. The third-order valence-corrected chi connectivity index (χ3v) is 4.06. The van der Waals surface area contributed by atoms with Crippen molar-refractivity contribution in [3.05, 3.63) is 0 Å². The Balaban J connectivity index is 2.08. The van der Waals surface area contributed by atoms with Crippen LogP contribution in [0.15, 0.2) is 0 Å². The molecule has 0 heterocycles. The maximum Gasteiger partial charge on any atom is 0.326 e. The topological polar surface area (TPSA) is 80.0 Å². The Bertz CT molecular complexity index is 300. The van der Waals surface area contributed by atoms with Crippen molar-refractivity contribution in [2.75, 3.05) is 47.3 Å². The number of methoxy groups -OCH3 is 2. The summed E-state index contributed by atoms with van der Waals surface area (Å²) in [6.45, 7) is 3.20. The highest BCUT2D eigenvalue weighted by molar-refractivity contribution is 5.81. The molecule has 0 radical (unpaired) electrons. The molecule has 21 heavy (non-hydrogen) atoms. The van der Waals surface area contributed by atoms with E-state index in [-0.39, 0.29) is 11.9 Å². The van der Waals surface area contributed by atoms with E-state index in [1.54, 1.807) is 7.11 Å². The number of esters is 1. The maximum atomic E-state index is 11.8. The number of carbonyl (C=O) groups excluding carboxylic acids is 1. The predicted octanol–water partition coefficient (Wildman–Crippen LogP) is 1.12. The fourth-order valence-electron chi connectivity index (χ4n) is 2.80. The van der Waals surface area contributed by atoms with Crippen LogP contribution in [0.1, 0.15) is 32.1 Å². The highest BCUT2D eigenvalue weighted by atomic mass is 16.5. The van der Waals surface area contributed by atoms with E-state index in [2.05, 4.69) is 0 Å². The van der Waals surface area contributed by atoms with E-state index >= 15 is 0 Å². The Morgan fingerprint density at radius 1 is 1.14 bits per heavy atom. The first-order valence-corrected chi connectivity index (χ1v) is 7.67. The molecular weight excluding hydrogens is 274 g/mol. The van der Waals surface area contributed by atoms with Gasteiger partial charge in [0, 0.05) is 26.9 Å². The maximum absolute atomic E-state index is 11.8. The summed E-state index contributed by atoms with van der Waals surface area (Å²) in [5, 5.41) is 0. The molecule has 1 fully saturated rings. The molecule has 6 heteroatoms. The molecule has 2 N–H and O–H groups in total. The van der Waals surface area contributed by atoms with Crippen LogP contribution in [0.4, 0.5) is 0 Å². The fourth-order valence-corrected chi connectivity index (χ4v) is 2.80. The van der Waals surface area contributed by atoms with E-state index in [4.69, 9.17) is 24.7 Å². The average Bonchev–Trinajstić information content (AvgIpc) is 2.87. The van der Waals surface area contributed by atoms with Gasteiger partial charge < -0.3 is 24.7 Å². The van der Waals surface area contributed by atoms with E-state index in [0.29, 0.717) is 39.5 Å². The fraction of sp³-hybridized carbons (Fsp3) is 0.933. The first kappa shape index (κ1) is 18.4. The molecule has 0 aliphatic heterocycles. The SMILES string of the molecule is COCCOCCCOCCC1CCCC1(N)C(=O)OC. The van der Waals surface area contributed by atoms with E-state index in [1.165, 1.54) is 7.11 Å². The first-order chi connectivity index (χ1) is 10.1. The van der Waals surface area contributed by atoms with Crippen LogP contribution in [0.25, 0.3) is 0 Å². The van der Waals surface area contributed by atoms with Gasteiger partial charge in [0.05, 0.1) is 20.3 Å². The van der Waals surface area contributed by atoms with Gasteiger partial charge in [-0.2, -0.15) is 0 Å². The van der Waals surface area contributed by atoms with E-state index in [1.807, 2.05) is 0 Å². The van der Waals surface area contributed by atoms with Gasteiger partial charge in [-0.3, -0.25) is 4.79 Å². The van der Waals surface area contributed by atoms with Gasteiger partial charge in [0.2, 0.25) is 0 Å². The minimum Gasteiger partial charge on any atom is -0.468 e. The van der Waals surface area contributed by atoms with Crippen LogP contribution in [0.5, 0.6) is 0 Å². The highest BCUT2D eigenvalue weighted by Crippen LogP contribution is 2.36. The third-order valence-electron chi connectivity index (χ3n) is 4.06. The Labute approximate surface area is 127 Å². The van der Waals surface area contributed by atoms with E-state index < -0.39 is 5.54 Å². The molecule has 2 atom stereocenters. The lowest BCUT2D eigenvalue weighted by Gasteiger charge is -2.28. The van der Waals surface area contributed by atoms with Gasteiger partial charge in [0.1, 0.15) is 5.54 Å². The number of carbonyl (C=O) groups is 1. The summed E-state index contributed by atoms with van der Waals surface area (Å²) in [7, 11) is 3.05. The number of rotatable bonds is 11. The van der Waals surface area contributed by atoms with Gasteiger partial charge in [0.25, 0.3) is 0 Å². The molecule has 0 aromatic heterocycles. The lowest BCUT2D eigenvalue weighted by atomic mass is 9.86. The molecule has 1 saturated carbocycles. The van der Waals surface area contributed by atoms with E-state index in [0.717, 1.165) is 25.7 Å². The number of ether oxygens (including phenoxy) is 4. The summed E-state index contributed by atoms with van der Waals surface area (Å²) >= 11 is 0. The monoisotopic (exact) mass is 303 g/mol. The molecule has 0 spiro atoms. The first-order valence-electron chi connectivity index (χ1n) is 7.67. The largest absolute Gasteiger partial charge is 0.468 e. The Hall–Kier alpha value is -0.690. The normalized spacial score (nSPS) is 25.2. The molecule has 0 saturated heterocycles. The van der Waals surface area contributed by atoms with Crippen LogP contribution in [0.2, 0.25) is 0 Å².